The molecule has 2 atom stereocenters. The Hall–Kier alpha value is -1.08. The SMILES string of the molecule is CCN(CC(C)C#N)C(=O)C1CCCCCCN1. The third-order valence-electron chi connectivity index (χ3n) is 3.52. The Kier molecular flexibility index (Phi) is 6.74. The minimum absolute atomic E-state index is 0.0452. The quantitative estimate of drug-likeness (QED) is 0.830. The number of nitrogens with one attached hydrogen (secondary N) is 1. The standard InChI is InChI=1S/C14H25N3O/c1-3-17(11-12(2)10-15)14(18)13-8-6-4-5-7-9-16-13/h12-13,16H,3-9,11H2,1-2H3. The van der Waals surface area contributed by atoms with Crippen LogP contribution in [0.4, 0.5) is 0 Å². The van der Waals surface area contributed by atoms with Crippen molar-refractivity contribution in [3.05, 3.63) is 0 Å². The molecule has 0 bridgehead atoms. The number of amides is 1. The van der Waals surface area contributed by atoms with E-state index in [1.165, 1.54) is 12.8 Å². The Bertz CT molecular complexity index is 290. The molecule has 0 aliphatic carbocycles. The van der Waals surface area contributed by atoms with Gasteiger partial charge in [0, 0.05) is 13.1 Å². The van der Waals surface area contributed by atoms with Gasteiger partial charge in [-0.25, -0.2) is 0 Å². The molecule has 4 nitrogen and oxygen atoms in total. The molecule has 1 aliphatic heterocycles. The van der Waals surface area contributed by atoms with Crippen LogP contribution in [0.5, 0.6) is 0 Å². The summed E-state index contributed by atoms with van der Waals surface area (Å²) in [6, 6.07) is 2.15. The molecule has 0 aromatic heterocycles. The van der Waals surface area contributed by atoms with Gasteiger partial charge >= 0.3 is 0 Å². The molecular weight excluding hydrogens is 226 g/mol. The molecule has 1 saturated heterocycles. The minimum Gasteiger partial charge on any atom is -0.340 e. The van der Waals surface area contributed by atoms with E-state index in [2.05, 4.69) is 11.4 Å². The van der Waals surface area contributed by atoms with Crippen molar-refractivity contribution < 1.29 is 4.79 Å². The van der Waals surface area contributed by atoms with Crippen molar-refractivity contribution in [3.63, 3.8) is 0 Å². The summed E-state index contributed by atoms with van der Waals surface area (Å²) in [5, 5.41) is 12.2. The topological polar surface area (TPSA) is 56.1 Å². The molecule has 1 N–H and O–H groups in total. The molecule has 0 aromatic carbocycles. The molecule has 4 heteroatoms. The third kappa shape index (κ3) is 4.66. The summed E-state index contributed by atoms with van der Waals surface area (Å²) < 4.78 is 0. The van der Waals surface area contributed by atoms with E-state index >= 15 is 0 Å². The fraction of sp³-hybridized carbons (Fsp3) is 0.857. The average molecular weight is 251 g/mol. The lowest BCUT2D eigenvalue weighted by atomic mass is 10.0. The first-order chi connectivity index (χ1) is 8.69. The van der Waals surface area contributed by atoms with Crippen LogP contribution in [-0.2, 0) is 4.79 Å². The Morgan fingerprint density at radius 2 is 2.17 bits per heavy atom. The van der Waals surface area contributed by atoms with Crippen molar-refractivity contribution in [2.24, 2.45) is 5.92 Å². The first-order valence-electron chi connectivity index (χ1n) is 7.10. The van der Waals surface area contributed by atoms with E-state index in [4.69, 9.17) is 5.26 Å². The van der Waals surface area contributed by atoms with E-state index in [9.17, 15) is 4.79 Å². The normalized spacial score (nSPS) is 22.4. The maximum absolute atomic E-state index is 12.4. The van der Waals surface area contributed by atoms with Gasteiger partial charge in [-0.1, -0.05) is 19.3 Å². The van der Waals surface area contributed by atoms with Gasteiger partial charge in [-0.05, 0) is 33.2 Å². The first kappa shape index (κ1) is 15.0. The monoisotopic (exact) mass is 251 g/mol. The first-order valence-corrected chi connectivity index (χ1v) is 7.10. The molecule has 0 spiro atoms. The van der Waals surface area contributed by atoms with Crippen molar-refractivity contribution in [3.8, 4) is 6.07 Å². The molecule has 0 aromatic rings. The number of likely N-dealkylation sites (N-methyl/N-ethyl adjacent to an activating group) is 1. The summed E-state index contributed by atoms with van der Waals surface area (Å²) >= 11 is 0. The third-order valence-corrected chi connectivity index (χ3v) is 3.52. The van der Waals surface area contributed by atoms with E-state index in [0.717, 1.165) is 25.8 Å². The van der Waals surface area contributed by atoms with Gasteiger partial charge in [0.25, 0.3) is 0 Å². The van der Waals surface area contributed by atoms with Crippen molar-refractivity contribution in [2.45, 2.75) is 52.0 Å². The second-order valence-electron chi connectivity index (χ2n) is 5.12. The van der Waals surface area contributed by atoms with Crippen LogP contribution in [0, 0.1) is 17.2 Å². The van der Waals surface area contributed by atoms with Crippen LogP contribution in [0.15, 0.2) is 0 Å². The van der Waals surface area contributed by atoms with Crippen molar-refractivity contribution in [1.82, 2.24) is 10.2 Å². The van der Waals surface area contributed by atoms with E-state index in [0.29, 0.717) is 13.1 Å². The van der Waals surface area contributed by atoms with Crippen molar-refractivity contribution in [2.75, 3.05) is 19.6 Å². The number of hydrogen-bond donors (Lipinski definition) is 1. The Labute approximate surface area is 110 Å². The lowest BCUT2D eigenvalue weighted by molar-refractivity contribution is -0.133. The number of rotatable bonds is 4. The van der Waals surface area contributed by atoms with E-state index < -0.39 is 0 Å². The summed E-state index contributed by atoms with van der Waals surface area (Å²) in [6.07, 6.45) is 5.69. The summed E-state index contributed by atoms with van der Waals surface area (Å²) in [5.41, 5.74) is 0. The average Bonchev–Trinajstić information content (AvgIpc) is 2.34. The zero-order chi connectivity index (χ0) is 13.4. The van der Waals surface area contributed by atoms with Crippen LogP contribution < -0.4 is 5.32 Å². The van der Waals surface area contributed by atoms with Gasteiger partial charge in [-0.3, -0.25) is 4.79 Å². The second-order valence-corrected chi connectivity index (χ2v) is 5.12. The predicted molar refractivity (Wildman–Crippen MR) is 71.9 cm³/mol. The fourth-order valence-electron chi connectivity index (χ4n) is 2.38. The van der Waals surface area contributed by atoms with Crippen LogP contribution >= 0.6 is 0 Å². The number of nitrogens with zero attached hydrogens (tertiary/aromatic N) is 2. The highest BCUT2D eigenvalue weighted by Gasteiger charge is 2.24. The van der Waals surface area contributed by atoms with Crippen LogP contribution in [0.1, 0.15) is 46.0 Å². The molecule has 102 valence electrons. The predicted octanol–water partition coefficient (Wildman–Crippen LogP) is 1.92. The summed E-state index contributed by atoms with van der Waals surface area (Å²) in [7, 11) is 0. The fourth-order valence-corrected chi connectivity index (χ4v) is 2.38. The number of carbonyl (C=O) groups is 1. The molecule has 1 fully saturated rings. The van der Waals surface area contributed by atoms with Gasteiger partial charge in [0.1, 0.15) is 0 Å². The lowest BCUT2D eigenvalue weighted by Gasteiger charge is -2.28. The number of hydrogen-bond acceptors (Lipinski definition) is 3. The molecule has 0 radical (unpaired) electrons. The van der Waals surface area contributed by atoms with Gasteiger partial charge in [0.2, 0.25) is 5.91 Å². The summed E-state index contributed by atoms with van der Waals surface area (Å²) in [5.74, 6) is 0.0731. The van der Waals surface area contributed by atoms with Gasteiger partial charge in [-0.2, -0.15) is 5.26 Å². The molecule has 2 unspecified atom stereocenters. The highest BCUT2D eigenvalue weighted by Crippen LogP contribution is 2.12. The van der Waals surface area contributed by atoms with Crippen molar-refractivity contribution >= 4 is 5.91 Å². The van der Waals surface area contributed by atoms with Crippen LogP contribution in [0.3, 0.4) is 0 Å². The van der Waals surface area contributed by atoms with Crippen LogP contribution in [0.2, 0.25) is 0 Å². The molecule has 1 heterocycles. The number of carbonyl (C=O) groups excluding carboxylic acids is 1. The summed E-state index contributed by atoms with van der Waals surface area (Å²) in [4.78, 5) is 14.2. The number of nitriles is 1. The van der Waals surface area contributed by atoms with Crippen LogP contribution in [-0.4, -0.2) is 36.5 Å². The molecule has 1 rings (SSSR count). The Morgan fingerprint density at radius 3 is 2.83 bits per heavy atom. The highest BCUT2D eigenvalue weighted by molar-refractivity contribution is 5.81. The smallest absolute Gasteiger partial charge is 0.239 e. The molecule has 1 amide bonds. The van der Waals surface area contributed by atoms with Gasteiger partial charge in [-0.15, -0.1) is 0 Å². The van der Waals surface area contributed by atoms with E-state index in [1.54, 1.807) is 0 Å². The Balaban J connectivity index is 2.55. The zero-order valence-electron chi connectivity index (χ0n) is 11.6. The van der Waals surface area contributed by atoms with E-state index in [1.807, 2.05) is 18.7 Å². The Morgan fingerprint density at radius 1 is 1.44 bits per heavy atom. The molecule has 0 saturated carbocycles. The highest BCUT2D eigenvalue weighted by atomic mass is 16.2. The maximum atomic E-state index is 12.4. The molecule has 18 heavy (non-hydrogen) atoms. The van der Waals surface area contributed by atoms with Gasteiger partial charge < -0.3 is 10.2 Å². The molecular formula is C14H25N3O. The van der Waals surface area contributed by atoms with Crippen molar-refractivity contribution in [1.29, 1.82) is 5.26 Å². The van der Waals surface area contributed by atoms with Gasteiger partial charge in [0.15, 0.2) is 0 Å². The lowest BCUT2D eigenvalue weighted by Crippen LogP contribution is -2.48. The minimum atomic E-state index is -0.0949. The van der Waals surface area contributed by atoms with Crippen LogP contribution in [0.25, 0.3) is 0 Å². The largest absolute Gasteiger partial charge is 0.340 e. The second kappa shape index (κ2) is 8.10. The van der Waals surface area contributed by atoms with E-state index in [-0.39, 0.29) is 17.9 Å². The summed E-state index contributed by atoms with van der Waals surface area (Å²) in [6.45, 7) is 6.00. The maximum Gasteiger partial charge on any atom is 0.239 e. The zero-order valence-corrected chi connectivity index (χ0v) is 11.6. The van der Waals surface area contributed by atoms with Gasteiger partial charge in [0.05, 0.1) is 18.0 Å². The molecule has 1 aliphatic rings.